The maximum atomic E-state index is 12.6. The maximum absolute atomic E-state index is 12.6. The van der Waals surface area contributed by atoms with E-state index >= 15 is 0 Å². The van der Waals surface area contributed by atoms with Crippen LogP contribution >= 0.6 is 0 Å². The van der Waals surface area contributed by atoms with Crippen LogP contribution in [0, 0.1) is 6.92 Å². The van der Waals surface area contributed by atoms with Crippen molar-refractivity contribution in [3.05, 3.63) is 42.0 Å². The normalized spacial score (nSPS) is 18.6. The lowest BCUT2D eigenvalue weighted by atomic mass is 10.1. The molecule has 0 radical (unpaired) electrons. The van der Waals surface area contributed by atoms with Crippen molar-refractivity contribution < 1.29 is 9.32 Å². The fraction of sp³-hybridized carbons (Fsp3) is 0.500. The first kappa shape index (κ1) is 17.3. The molecule has 1 fully saturated rings. The highest BCUT2D eigenvalue weighted by molar-refractivity contribution is 5.74. The minimum absolute atomic E-state index is 0.0751. The van der Waals surface area contributed by atoms with E-state index in [1.54, 1.807) is 6.92 Å². The van der Waals surface area contributed by atoms with Gasteiger partial charge in [0, 0.05) is 31.7 Å². The number of urea groups is 1. The number of hydrogen-bond acceptors (Lipinski definition) is 5. The van der Waals surface area contributed by atoms with Crippen molar-refractivity contribution in [3.8, 4) is 0 Å². The van der Waals surface area contributed by atoms with Crippen LogP contribution in [0.1, 0.15) is 43.9 Å². The average Bonchev–Trinajstić information content (AvgIpc) is 3.07. The van der Waals surface area contributed by atoms with Gasteiger partial charge >= 0.3 is 6.03 Å². The lowest BCUT2D eigenvalue weighted by molar-refractivity contribution is 0.177. The van der Waals surface area contributed by atoms with Gasteiger partial charge in [-0.05, 0) is 31.4 Å². The van der Waals surface area contributed by atoms with Gasteiger partial charge in [0.05, 0.1) is 6.04 Å². The SMILES string of the molecule is CC[C@@H](NC(=O)N1CCC[C@H](Nc2ccccc2)C1)c1noc(C)n1. The molecule has 0 spiro atoms. The number of anilines is 1. The number of amides is 2. The number of likely N-dealkylation sites (tertiary alicyclic amines) is 1. The summed E-state index contributed by atoms with van der Waals surface area (Å²) in [5.41, 5.74) is 1.09. The number of nitrogens with zero attached hydrogens (tertiary/aromatic N) is 3. The zero-order valence-corrected chi connectivity index (χ0v) is 14.7. The summed E-state index contributed by atoms with van der Waals surface area (Å²) in [6, 6.07) is 10.1. The van der Waals surface area contributed by atoms with Gasteiger partial charge in [0.1, 0.15) is 0 Å². The van der Waals surface area contributed by atoms with Gasteiger partial charge in [0.15, 0.2) is 5.82 Å². The largest absolute Gasteiger partial charge is 0.381 e. The quantitative estimate of drug-likeness (QED) is 0.871. The van der Waals surface area contributed by atoms with Crippen molar-refractivity contribution in [2.24, 2.45) is 0 Å². The third-order valence-corrected chi connectivity index (χ3v) is 4.41. The minimum Gasteiger partial charge on any atom is -0.381 e. The van der Waals surface area contributed by atoms with Crippen LogP contribution in [0.2, 0.25) is 0 Å². The number of rotatable bonds is 5. The molecule has 2 amide bonds. The molecule has 1 aliphatic rings. The zero-order chi connectivity index (χ0) is 17.6. The number of nitrogens with one attached hydrogen (secondary N) is 2. The molecule has 1 aliphatic heterocycles. The van der Waals surface area contributed by atoms with Crippen molar-refractivity contribution in [3.63, 3.8) is 0 Å². The zero-order valence-electron chi connectivity index (χ0n) is 14.7. The highest BCUT2D eigenvalue weighted by atomic mass is 16.5. The molecule has 2 heterocycles. The number of carbonyl (C=O) groups is 1. The number of aromatic nitrogens is 2. The van der Waals surface area contributed by atoms with E-state index in [-0.39, 0.29) is 18.1 Å². The Morgan fingerprint density at radius 2 is 2.20 bits per heavy atom. The summed E-state index contributed by atoms with van der Waals surface area (Å²) in [6.45, 7) is 5.19. The maximum Gasteiger partial charge on any atom is 0.318 e. The predicted octanol–water partition coefficient (Wildman–Crippen LogP) is 3.12. The number of hydrogen-bond donors (Lipinski definition) is 2. The smallest absolute Gasteiger partial charge is 0.318 e. The molecule has 3 rings (SSSR count). The summed E-state index contributed by atoms with van der Waals surface area (Å²) < 4.78 is 5.02. The van der Waals surface area contributed by atoms with Crippen LogP contribution in [0.4, 0.5) is 10.5 Å². The van der Waals surface area contributed by atoms with Gasteiger partial charge in [-0.25, -0.2) is 4.79 Å². The van der Waals surface area contributed by atoms with Crippen LogP contribution in [0.25, 0.3) is 0 Å². The molecule has 7 nitrogen and oxygen atoms in total. The lowest BCUT2D eigenvalue weighted by Gasteiger charge is -2.34. The fourth-order valence-corrected chi connectivity index (χ4v) is 3.10. The third kappa shape index (κ3) is 4.49. The lowest BCUT2D eigenvalue weighted by Crippen LogP contribution is -2.49. The minimum atomic E-state index is -0.229. The Morgan fingerprint density at radius 1 is 1.40 bits per heavy atom. The van der Waals surface area contributed by atoms with E-state index in [2.05, 4.69) is 20.8 Å². The van der Waals surface area contributed by atoms with Gasteiger partial charge in [-0.3, -0.25) is 0 Å². The van der Waals surface area contributed by atoms with Gasteiger partial charge in [0.25, 0.3) is 0 Å². The Hall–Kier alpha value is -2.57. The van der Waals surface area contributed by atoms with E-state index in [0.29, 0.717) is 24.7 Å². The van der Waals surface area contributed by atoms with Crippen molar-refractivity contribution in [2.45, 2.75) is 45.2 Å². The summed E-state index contributed by atoms with van der Waals surface area (Å²) >= 11 is 0. The van der Waals surface area contributed by atoms with E-state index in [9.17, 15) is 4.79 Å². The predicted molar refractivity (Wildman–Crippen MR) is 95.3 cm³/mol. The number of aryl methyl sites for hydroxylation is 1. The molecular weight excluding hydrogens is 318 g/mol. The second-order valence-corrected chi connectivity index (χ2v) is 6.38. The summed E-state index contributed by atoms with van der Waals surface area (Å²) in [6.07, 6.45) is 2.75. The van der Waals surface area contributed by atoms with Gasteiger partial charge < -0.3 is 20.1 Å². The van der Waals surface area contributed by atoms with Crippen molar-refractivity contribution in [2.75, 3.05) is 18.4 Å². The van der Waals surface area contributed by atoms with Gasteiger partial charge in [-0.15, -0.1) is 0 Å². The second-order valence-electron chi connectivity index (χ2n) is 6.38. The Bertz CT molecular complexity index is 688. The number of benzene rings is 1. The average molecular weight is 343 g/mol. The van der Waals surface area contributed by atoms with E-state index in [0.717, 1.165) is 25.1 Å². The van der Waals surface area contributed by atoms with Gasteiger partial charge in [0.2, 0.25) is 5.89 Å². The molecule has 2 atom stereocenters. The molecule has 1 aromatic heterocycles. The van der Waals surface area contributed by atoms with Crippen LogP contribution in [0.15, 0.2) is 34.9 Å². The molecule has 0 aliphatic carbocycles. The van der Waals surface area contributed by atoms with Crippen LogP contribution in [0.3, 0.4) is 0 Å². The van der Waals surface area contributed by atoms with Crippen LogP contribution in [-0.2, 0) is 0 Å². The Kier molecular flexibility index (Phi) is 5.53. The topological polar surface area (TPSA) is 83.3 Å². The molecule has 25 heavy (non-hydrogen) atoms. The second kappa shape index (κ2) is 8.00. The standard InChI is InChI=1S/C18H25N5O2/c1-3-16(17-19-13(2)25-22-17)21-18(24)23-11-7-10-15(12-23)20-14-8-5-4-6-9-14/h4-6,8-9,15-16,20H,3,7,10-12H2,1-2H3,(H,21,24)/t15-,16+/m0/s1. The highest BCUT2D eigenvalue weighted by Gasteiger charge is 2.26. The van der Waals surface area contributed by atoms with Crippen LogP contribution in [0.5, 0.6) is 0 Å². The molecule has 0 bridgehead atoms. The number of piperidine rings is 1. The monoisotopic (exact) mass is 343 g/mol. The van der Waals surface area contributed by atoms with Gasteiger partial charge in [-0.2, -0.15) is 4.98 Å². The molecule has 2 aromatic rings. The summed E-state index contributed by atoms with van der Waals surface area (Å²) in [5.74, 6) is 1.04. The highest BCUT2D eigenvalue weighted by Crippen LogP contribution is 2.18. The van der Waals surface area contributed by atoms with E-state index in [1.807, 2.05) is 42.2 Å². The number of carbonyl (C=O) groups excluding carboxylic acids is 1. The van der Waals surface area contributed by atoms with Crippen LogP contribution < -0.4 is 10.6 Å². The molecule has 1 saturated heterocycles. The molecule has 0 saturated carbocycles. The molecule has 1 aromatic carbocycles. The first-order valence-corrected chi connectivity index (χ1v) is 8.83. The summed E-state index contributed by atoms with van der Waals surface area (Å²) in [4.78, 5) is 18.7. The Balaban J connectivity index is 1.57. The van der Waals surface area contributed by atoms with Crippen LogP contribution in [-0.4, -0.2) is 40.2 Å². The Morgan fingerprint density at radius 3 is 2.88 bits per heavy atom. The van der Waals surface area contributed by atoms with Crippen molar-refractivity contribution in [1.29, 1.82) is 0 Å². The molecular formula is C18H25N5O2. The molecule has 134 valence electrons. The first-order chi connectivity index (χ1) is 12.2. The summed E-state index contributed by atoms with van der Waals surface area (Å²) in [5, 5.41) is 10.5. The van der Waals surface area contributed by atoms with E-state index < -0.39 is 0 Å². The molecule has 2 N–H and O–H groups in total. The molecule has 0 unspecified atom stereocenters. The Labute approximate surface area is 147 Å². The van der Waals surface area contributed by atoms with Crippen molar-refractivity contribution in [1.82, 2.24) is 20.4 Å². The third-order valence-electron chi connectivity index (χ3n) is 4.41. The van der Waals surface area contributed by atoms with Crippen molar-refractivity contribution >= 4 is 11.7 Å². The summed E-state index contributed by atoms with van der Waals surface area (Å²) in [7, 11) is 0. The number of para-hydroxylation sites is 1. The van der Waals surface area contributed by atoms with E-state index in [1.165, 1.54) is 0 Å². The van der Waals surface area contributed by atoms with Gasteiger partial charge in [-0.1, -0.05) is 30.3 Å². The fourth-order valence-electron chi connectivity index (χ4n) is 3.10. The van der Waals surface area contributed by atoms with E-state index in [4.69, 9.17) is 4.52 Å². The first-order valence-electron chi connectivity index (χ1n) is 8.83. The molecule has 7 heteroatoms.